The number of hydrogen-bond donors (Lipinski definition) is 0. The van der Waals surface area contributed by atoms with E-state index in [1.807, 2.05) is 150 Å². The number of rotatable bonds is 8. The fourth-order valence-electron chi connectivity index (χ4n) is 8.21. The van der Waals surface area contributed by atoms with Crippen molar-refractivity contribution < 1.29 is 101 Å². The molecule has 0 bridgehead atoms. The fourth-order valence-corrected chi connectivity index (χ4v) is 8.21. The molecule has 4 heterocycles. The molecule has 12 aromatic rings. The zero-order valence-corrected chi connectivity index (χ0v) is 54.7. The Morgan fingerprint density at radius 3 is 1.30 bits per heavy atom. The van der Waals surface area contributed by atoms with E-state index in [-0.39, 0.29) is 170 Å². The third-order valence-corrected chi connectivity index (χ3v) is 11.9. The molecule has 0 aliphatic carbocycles. The van der Waals surface area contributed by atoms with E-state index in [1.165, 1.54) is 6.20 Å². The predicted molar refractivity (Wildman–Crippen MR) is 324 cm³/mol. The monoisotopic (exact) mass is 1800 g/mol. The van der Waals surface area contributed by atoms with Gasteiger partial charge in [0.15, 0.2) is 0 Å². The van der Waals surface area contributed by atoms with Gasteiger partial charge in [-0.05, 0) is 92.4 Å². The summed E-state index contributed by atoms with van der Waals surface area (Å²) in [5.74, 6) is 0. The average Bonchev–Trinajstić information content (AvgIpc) is 0.784. The maximum absolute atomic E-state index is 8.80. The molecule has 0 aliphatic rings. The van der Waals surface area contributed by atoms with Crippen LogP contribution in [-0.4, -0.2) is 19.9 Å². The number of hydrogen-bond acceptors (Lipinski definition) is 5. The zero-order chi connectivity index (χ0) is 67.8. The summed E-state index contributed by atoms with van der Waals surface area (Å²) in [5, 5.41) is 8.80. The SMILES string of the molecule is N#Cc1ccc(-c2ccc(-c3[c-]cccc3)nc2)cc1.[2H]c1c([2H])c([2H])c(-c2ccc(-c3[c-]c(C)cc(C)c3)nc2)c([2H])c1[2H].[2H]c1c([2H])c([2H])c(-c2ccnc(-c3[c-]cccc3)c2)c([2H])c1[2H].[2H]c1c([2H])c([2H])c(-c2cnc(-c3[c-]c(C)cc(C)c3)cc2C)c([2H])c1[2H].[Ir].[Ir].[Ir].[Ir]. The van der Waals surface area contributed by atoms with Crippen molar-refractivity contribution in [3.63, 3.8) is 0 Å². The molecule has 4 aromatic heterocycles. The van der Waals surface area contributed by atoms with Gasteiger partial charge < -0.3 is 19.9 Å². The normalized spacial score (nSPS) is 12.4. The molecule has 0 unspecified atom stereocenters. The number of benzene rings is 8. The molecule has 4 radical (unpaired) electrons. The molecule has 0 saturated carbocycles. The van der Waals surface area contributed by atoms with Gasteiger partial charge in [0.1, 0.15) is 0 Å². The first-order valence-corrected chi connectivity index (χ1v) is 24.9. The van der Waals surface area contributed by atoms with Gasteiger partial charge in [-0.25, -0.2) is 0 Å². The summed E-state index contributed by atoms with van der Waals surface area (Å²) in [6.07, 6.45) is 6.52. The fraction of sp³-hybridized carbons (Fsp3) is 0.0676. The van der Waals surface area contributed by atoms with Gasteiger partial charge in [-0.2, -0.15) is 5.26 Å². The van der Waals surface area contributed by atoms with Crippen LogP contribution in [0.1, 0.15) is 53.9 Å². The Labute approximate surface area is 565 Å². The van der Waals surface area contributed by atoms with E-state index in [2.05, 4.69) is 50.3 Å². The van der Waals surface area contributed by atoms with E-state index >= 15 is 0 Å². The van der Waals surface area contributed by atoms with Crippen molar-refractivity contribution in [2.45, 2.75) is 34.6 Å². The van der Waals surface area contributed by atoms with E-state index in [9.17, 15) is 0 Å². The smallest absolute Gasteiger partial charge is 0.0991 e. The van der Waals surface area contributed by atoms with Crippen molar-refractivity contribution in [2.24, 2.45) is 0 Å². The number of aryl methyl sites for hydroxylation is 5. The van der Waals surface area contributed by atoms with Crippen LogP contribution < -0.4 is 0 Å². The second kappa shape index (κ2) is 33.5. The molecule has 0 amide bonds. The molecular weight excluding hydrogens is 1730 g/mol. The van der Waals surface area contributed by atoms with Crippen LogP contribution in [0, 0.1) is 70.2 Å². The van der Waals surface area contributed by atoms with Crippen LogP contribution >= 0.6 is 0 Å². The van der Waals surface area contributed by atoms with Crippen molar-refractivity contribution >= 4 is 0 Å². The van der Waals surface area contributed by atoms with Crippen LogP contribution in [0.5, 0.6) is 0 Å². The molecule has 418 valence electrons. The summed E-state index contributed by atoms with van der Waals surface area (Å²) < 4.78 is 118. The van der Waals surface area contributed by atoms with E-state index in [4.69, 9.17) is 25.8 Å². The average molecular weight is 1800 g/mol. The van der Waals surface area contributed by atoms with Gasteiger partial charge in [-0.15, -0.1) is 142 Å². The van der Waals surface area contributed by atoms with Gasteiger partial charge >= 0.3 is 0 Å². The standard InChI is InChI=1S/C20H18N.C19H16N.C18H11N2.C17H12N.4Ir/c1-14-9-15(2)11-18(10-14)20-12-16(3)19(13-21-20)17-7-5-4-6-8-17;1-14-10-15(2)12-18(11-14)19-9-8-17(13-20-19)16-6-4-3-5-7-16;19-12-14-6-8-15(9-7-14)17-10-11-18(20-13-17)16-4-2-1-3-5-16;1-3-7-14(8-4-1)16-11-12-18-17(13-16)15-9-5-2-6-10-15;;;;/h4-10,12-13H,1-3H3;3-11,13H,1-2H3;1-4,6-11,13H;1-9,11-13H;;;;/q4*-1;;;;/i4D,5D,6D,7D,8D;3D,4D,5D,6D,7D;;1D,3D,4D,7D,8D;;;;. The van der Waals surface area contributed by atoms with Crippen molar-refractivity contribution in [3.05, 3.63) is 313 Å². The zero-order valence-electron chi connectivity index (χ0n) is 60.2. The summed E-state index contributed by atoms with van der Waals surface area (Å²) in [4.78, 5) is 17.6. The maximum Gasteiger partial charge on any atom is 0.0991 e. The Morgan fingerprint density at radius 1 is 0.386 bits per heavy atom. The molecule has 0 aliphatic heterocycles. The Kier molecular flexibility index (Phi) is 18.9. The molecule has 0 saturated heterocycles. The van der Waals surface area contributed by atoms with Gasteiger partial charge in [-0.1, -0.05) is 167 Å². The molecule has 12 rings (SSSR count). The molecule has 5 nitrogen and oxygen atoms in total. The summed E-state index contributed by atoms with van der Waals surface area (Å²) >= 11 is 0. The number of aromatic nitrogens is 4. The molecule has 83 heavy (non-hydrogen) atoms. The van der Waals surface area contributed by atoms with Crippen LogP contribution in [0.15, 0.2) is 255 Å². The van der Waals surface area contributed by atoms with Crippen molar-refractivity contribution in [1.82, 2.24) is 19.9 Å². The number of nitrogens with zero attached hydrogens (tertiary/aromatic N) is 5. The number of nitriles is 1. The quantitative estimate of drug-likeness (QED) is 0.142. The third-order valence-electron chi connectivity index (χ3n) is 11.9. The number of pyridine rings is 4. The van der Waals surface area contributed by atoms with Crippen molar-refractivity contribution in [1.29, 1.82) is 5.26 Å². The van der Waals surface area contributed by atoms with Crippen LogP contribution in [0.4, 0.5) is 0 Å². The first-order chi connectivity index (χ1) is 44.9. The minimum atomic E-state index is -0.395. The molecule has 9 heteroatoms. The molecular formula is C74H57Ir4N5-4. The third kappa shape index (κ3) is 19.0. The topological polar surface area (TPSA) is 75.3 Å². The Hall–Kier alpha value is -7.55. The van der Waals surface area contributed by atoms with Crippen LogP contribution in [-0.2, 0) is 80.4 Å². The van der Waals surface area contributed by atoms with Gasteiger partial charge in [0.25, 0.3) is 0 Å². The summed E-state index contributed by atoms with van der Waals surface area (Å²) in [6.45, 7) is 9.82. The first-order valence-electron chi connectivity index (χ1n) is 32.4. The van der Waals surface area contributed by atoms with E-state index < -0.39 is 18.1 Å². The second-order valence-corrected chi connectivity index (χ2v) is 17.9. The van der Waals surface area contributed by atoms with Crippen molar-refractivity contribution in [3.8, 4) is 95.6 Å². The first kappa shape index (κ1) is 46.9. The summed E-state index contributed by atoms with van der Waals surface area (Å²) in [5.41, 5.74) is 16.4. The van der Waals surface area contributed by atoms with Crippen molar-refractivity contribution in [2.75, 3.05) is 0 Å². The summed E-state index contributed by atoms with van der Waals surface area (Å²) in [6, 6.07) is 53.7. The minimum Gasteiger partial charge on any atom is -0.305 e. The Morgan fingerprint density at radius 2 is 0.831 bits per heavy atom. The molecule has 0 fully saturated rings. The Bertz CT molecular complexity index is 4730. The van der Waals surface area contributed by atoms with Gasteiger partial charge in [-0.3, -0.25) is 0 Å². The van der Waals surface area contributed by atoms with Crippen LogP contribution in [0.3, 0.4) is 0 Å². The van der Waals surface area contributed by atoms with E-state index in [0.29, 0.717) is 27.9 Å². The minimum absolute atomic E-state index is 0. The van der Waals surface area contributed by atoms with Gasteiger partial charge in [0.05, 0.1) is 32.2 Å². The van der Waals surface area contributed by atoms with Crippen LogP contribution in [0.25, 0.3) is 89.5 Å². The molecule has 8 aromatic carbocycles. The maximum atomic E-state index is 8.80. The Balaban J connectivity index is 0.000000234. The molecule has 0 N–H and O–H groups in total. The van der Waals surface area contributed by atoms with E-state index in [1.54, 1.807) is 42.7 Å². The predicted octanol–water partition coefficient (Wildman–Crippen LogP) is 18.3. The summed E-state index contributed by atoms with van der Waals surface area (Å²) in [7, 11) is 0. The van der Waals surface area contributed by atoms with Crippen LogP contribution in [0.2, 0.25) is 0 Å². The second-order valence-electron chi connectivity index (χ2n) is 17.9. The van der Waals surface area contributed by atoms with E-state index in [0.717, 1.165) is 78.3 Å². The molecule has 0 atom stereocenters. The van der Waals surface area contributed by atoms with Gasteiger partial charge in [0, 0.05) is 111 Å². The largest absolute Gasteiger partial charge is 0.305 e. The molecule has 0 spiro atoms. The van der Waals surface area contributed by atoms with Gasteiger partial charge in [0.2, 0.25) is 0 Å².